The van der Waals surface area contributed by atoms with E-state index in [1.54, 1.807) is 19.1 Å². The van der Waals surface area contributed by atoms with Crippen molar-refractivity contribution in [1.82, 2.24) is 16.0 Å². The second-order valence-corrected chi connectivity index (χ2v) is 7.85. The van der Waals surface area contributed by atoms with Gasteiger partial charge < -0.3 is 25.8 Å². The zero-order valence-corrected chi connectivity index (χ0v) is 18.2. The molecule has 3 amide bonds. The Balaban J connectivity index is 2.04. The molecule has 0 heterocycles. The van der Waals surface area contributed by atoms with E-state index in [2.05, 4.69) is 16.0 Å². The molecule has 2 atom stereocenters. The fourth-order valence-corrected chi connectivity index (χ4v) is 3.67. The number of amides is 3. The highest BCUT2D eigenvalue weighted by Crippen LogP contribution is 2.31. The third-order valence-corrected chi connectivity index (χ3v) is 5.31. The number of benzene rings is 1. The first-order chi connectivity index (χ1) is 14.7. The molecule has 4 N–H and O–H groups in total. The highest BCUT2D eigenvalue weighted by molar-refractivity contribution is 5.94. The number of ether oxygens (including phenoxy) is 1. The van der Waals surface area contributed by atoms with Gasteiger partial charge in [-0.05, 0) is 44.4 Å². The Morgan fingerprint density at radius 1 is 1.06 bits per heavy atom. The number of hydrogen-bond acceptors (Lipinski definition) is 6. The van der Waals surface area contributed by atoms with Crippen LogP contribution in [0.25, 0.3) is 0 Å². The molecule has 0 radical (unpaired) electrons. The van der Waals surface area contributed by atoms with Gasteiger partial charge in [-0.2, -0.15) is 0 Å². The van der Waals surface area contributed by atoms with Crippen molar-refractivity contribution in [3.63, 3.8) is 0 Å². The van der Waals surface area contributed by atoms with Crippen LogP contribution in [0.1, 0.15) is 52.0 Å². The third-order valence-electron chi connectivity index (χ3n) is 5.31. The molecule has 1 aliphatic carbocycles. The van der Waals surface area contributed by atoms with E-state index in [0.717, 1.165) is 18.4 Å². The molecule has 0 aromatic heterocycles. The Morgan fingerprint density at radius 3 is 2.23 bits per heavy atom. The fraction of sp³-hybridized carbons (Fsp3) is 0.545. The largest absolute Gasteiger partial charge is 0.508 e. The molecule has 1 saturated carbocycles. The summed E-state index contributed by atoms with van der Waals surface area (Å²) in [7, 11) is 0. The third kappa shape index (κ3) is 6.70. The first-order valence-corrected chi connectivity index (χ1v) is 10.5. The molecule has 0 saturated heterocycles. The Labute approximate surface area is 181 Å². The molecule has 0 aliphatic heterocycles. The average molecular weight is 434 g/mol. The monoisotopic (exact) mass is 433 g/mol. The summed E-state index contributed by atoms with van der Waals surface area (Å²) in [5.74, 6) is -1.76. The summed E-state index contributed by atoms with van der Waals surface area (Å²) in [5.41, 5.74) is -0.328. The van der Waals surface area contributed by atoms with E-state index in [-0.39, 0.29) is 24.7 Å². The summed E-state index contributed by atoms with van der Waals surface area (Å²) in [6.07, 6.45) is 2.78. The number of phenolic OH excluding ortho intramolecular Hbond substituents is 1. The van der Waals surface area contributed by atoms with Gasteiger partial charge in [0.15, 0.2) is 0 Å². The molecule has 0 bridgehead atoms. The van der Waals surface area contributed by atoms with Crippen LogP contribution in [0.2, 0.25) is 0 Å². The molecular weight excluding hydrogens is 402 g/mol. The molecule has 9 heteroatoms. The number of carbonyl (C=O) groups is 4. The maximum atomic E-state index is 12.8. The van der Waals surface area contributed by atoms with Gasteiger partial charge in [0.05, 0.1) is 6.61 Å². The number of phenols is 1. The Morgan fingerprint density at radius 2 is 1.68 bits per heavy atom. The minimum Gasteiger partial charge on any atom is -0.508 e. The molecule has 0 spiro atoms. The summed E-state index contributed by atoms with van der Waals surface area (Å²) >= 11 is 0. The van der Waals surface area contributed by atoms with Crippen LogP contribution >= 0.6 is 0 Å². The van der Waals surface area contributed by atoms with Gasteiger partial charge in [0.1, 0.15) is 23.4 Å². The average Bonchev–Trinajstić information content (AvgIpc) is 3.18. The molecule has 1 aromatic carbocycles. The van der Waals surface area contributed by atoms with Crippen LogP contribution in [0.4, 0.5) is 0 Å². The second-order valence-electron chi connectivity index (χ2n) is 7.85. The lowest BCUT2D eigenvalue weighted by molar-refractivity contribution is -0.153. The number of nitrogens with one attached hydrogen (secondary N) is 3. The minimum absolute atomic E-state index is 0.0945. The summed E-state index contributed by atoms with van der Waals surface area (Å²) in [4.78, 5) is 49.5. The van der Waals surface area contributed by atoms with Crippen molar-refractivity contribution in [1.29, 1.82) is 0 Å². The van der Waals surface area contributed by atoms with Crippen molar-refractivity contribution in [3.8, 4) is 5.75 Å². The summed E-state index contributed by atoms with van der Waals surface area (Å²) in [6, 6.07) is 4.46. The molecule has 1 aliphatic rings. The lowest BCUT2D eigenvalue weighted by Crippen LogP contribution is -2.59. The van der Waals surface area contributed by atoms with Crippen LogP contribution in [0, 0.1) is 0 Å². The van der Waals surface area contributed by atoms with Gasteiger partial charge in [-0.25, -0.2) is 4.79 Å². The quantitative estimate of drug-likeness (QED) is 0.428. The van der Waals surface area contributed by atoms with E-state index in [9.17, 15) is 24.3 Å². The predicted octanol–water partition coefficient (Wildman–Crippen LogP) is 0.936. The van der Waals surface area contributed by atoms with Crippen molar-refractivity contribution in [2.75, 3.05) is 6.61 Å². The van der Waals surface area contributed by atoms with Crippen LogP contribution in [0.15, 0.2) is 24.3 Å². The highest BCUT2D eigenvalue weighted by atomic mass is 16.5. The molecule has 1 fully saturated rings. The van der Waals surface area contributed by atoms with Gasteiger partial charge >= 0.3 is 5.97 Å². The zero-order chi connectivity index (χ0) is 23.0. The molecule has 1 aromatic rings. The first-order valence-electron chi connectivity index (χ1n) is 10.5. The zero-order valence-electron chi connectivity index (χ0n) is 18.2. The predicted molar refractivity (Wildman–Crippen MR) is 113 cm³/mol. The normalized spacial score (nSPS) is 16.6. The number of hydrogen-bond donors (Lipinski definition) is 4. The van der Waals surface area contributed by atoms with E-state index >= 15 is 0 Å². The highest BCUT2D eigenvalue weighted by Gasteiger charge is 2.44. The molecule has 2 rings (SSSR count). The lowest BCUT2D eigenvalue weighted by atomic mass is 9.97. The van der Waals surface area contributed by atoms with Gasteiger partial charge in [0, 0.05) is 13.3 Å². The summed E-state index contributed by atoms with van der Waals surface area (Å²) in [5, 5.41) is 17.4. The van der Waals surface area contributed by atoms with Crippen molar-refractivity contribution in [3.05, 3.63) is 29.8 Å². The number of rotatable bonds is 9. The van der Waals surface area contributed by atoms with Gasteiger partial charge in [0.25, 0.3) is 0 Å². The van der Waals surface area contributed by atoms with E-state index in [1.165, 1.54) is 26.0 Å². The smallest absolute Gasteiger partial charge is 0.331 e. The SMILES string of the molecule is CCOC(=O)C1(NC(=O)C(C)NC(=O)C(Cc2ccc(O)cc2)NC(C)=O)CCCC1. The van der Waals surface area contributed by atoms with Gasteiger partial charge in [-0.1, -0.05) is 25.0 Å². The van der Waals surface area contributed by atoms with Gasteiger partial charge in [0.2, 0.25) is 17.7 Å². The van der Waals surface area contributed by atoms with Gasteiger partial charge in [-0.15, -0.1) is 0 Å². The van der Waals surface area contributed by atoms with E-state index in [0.29, 0.717) is 12.8 Å². The standard InChI is InChI=1S/C22H31N3O6/c1-4-31-21(30)22(11-5-6-12-22)25-19(28)14(2)23-20(29)18(24-15(3)26)13-16-7-9-17(27)10-8-16/h7-10,14,18,27H,4-6,11-13H2,1-3H3,(H,23,29)(H,24,26)(H,25,28). The molecule has 31 heavy (non-hydrogen) atoms. The van der Waals surface area contributed by atoms with Crippen LogP contribution in [-0.4, -0.2) is 53.0 Å². The lowest BCUT2D eigenvalue weighted by Gasteiger charge is -2.29. The van der Waals surface area contributed by atoms with Gasteiger partial charge in [-0.3, -0.25) is 14.4 Å². The van der Waals surface area contributed by atoms with Crippen molar-refractivity contribution in [2.45, 2.75) is 70.5 Å². The topological polar surface area (TPSA) is 134 Å². The van der Waals surface area contributed by atoms with E-state index in [1.807, 2.05) is 0 Å². The van der Waals surface area contributed by atoms with Crippen molar-refractivity contribution < 1.29 is 29.0 Å². The van der Waals surface area contributed by atoms with Crippen LogP contribution < -0.4 is 16.0 Å². The molecular formula is C22H31N3O6. The van der Waals surface area contributed by atoms with Crippen molar-refractivity contribution in [2.24, 2.45) is 0 Å². The maximum Gasteiger partial charge on any atom is 0.331 e. The maximum absolute atomic E-state index is 12.8. The molecule has 2 unspecified atom stereocenters. The Kier molecular flexibility index (Phi) is 8.41. The number of esters is 1. The minimum atomic E-state index is -1.06. The number of carbonyl (C=O) groups excluding carboxylic acids is 4. The molecule has 9 nitrogen and oxygen atoms in total. The first kappa shape index (κ1) is 24.2. The van der Waals surface area contributed by atoms with E-state index in [4.69, 9.17) is 4.74 Å². The summed E-state index contributed by atoms with van der Waals surface area (Å²) in [6.45, 7) is 4.75. The summed E-state index contributed by atoms with van der Waals surface area (Å²) < 4.78 is 5.14. The fourth-order valence-electron chi connectivity index (χ4n) is 3.67. The Bertz CT molecular complexity index is 802. The number of aromatic hydroxyl groups is 1. The van der Waals surface area contributed by atoms with Crippen LogP contribution in [0.3, 0.4) is 0 Å². The van der Waals surface area contributed by atoms with Crippen LogP contribution in [-0.2, 0) is 30.3 Å². The molecule has 170 valence electrons. The van der Waals surface area contributed by atoms with Crippen molar-refractivity contribution >= 4 is 23.7 Å². The second kappa shape index (κ2) is 10.8. The van der Waals surface area contributed by atoms with E-state index < -0.39 is 35.4 Å². The van der Waals surface area contributed by atoms with Crippen LogP contribution in [0.5, 0.6) is 5.75 Å². The Hall–Kier alpha value is -3.10.